The Morgan fingerprint density at radius 1 is 1.21 bits per heavy atom. The minimum absolute atomic E-state index is 0.189. The van der Waals surface area contributed by atoms with E-state index in [1.807, 2.05) is 39.0 Å². The summed E-state index contributed by atoms with van der Waals surface area (Å²) in [6.07, 6.45) is 1.95. The summed E-state index contributed by atoms with van der Waals surface area (Å²) in [5.41, 5.74) is 2.73. The molecule has 9 heteroatoms. The van der Waals surface area contributed by atoms with Crippen LogP contribution in [0.2, 0.25) is 5.02 Å². The fraction of sp³-hybridized carbons (Fsp3) is 0.440. The van der Waals surface area contributed by atoms with Gasteiger partial charge in [0.2, 0.25) is 11.8 Å². The maximum absolute atomic E-state index is 13.7. The molecular weight excluding hydrogens is 454 g/mol. The molecule has 1 aliphatic heterocycles. The van der Waals surface area contributed by atoms with Crippen molar-refractivity contribution in [2.24, 2.45) is 5.92 Å². The van der Waals surface area contributed by atoms with E-state index in [1.165, 1.54) is 4.90 Å². The Balaban J connectivity index is 1.85. The molecule has 0 spiro atoms. The average Bonchev–Trinajstić information content (AvgIpc) is 3.21. The highest BCUT2D eigenvalue weighted by atomic mass is 35.5. The zero-order chi connectivity index (χ0) is 25.0. The summed E-state index contributed by atoms with van der Waals surface area (Å²) >= 11 is 6.11. The second-order valence-electron chi connectivity index (χ2n) is 8.94. The number of nitrogens with one attached hydrogen (secondary N) is 3. The van der Waals surface area contributed by atoms with Gasteiger partial charge in [-0.1, -0.05) is 37.6 Å². The molecule has 0 aliphatic carbocycles. The van der Waals surface area contributed by atoms with Crippen molar-refractivity contribution >= 4 is 35.1 Å². The molecule has 0 saturated carbocycles. The zero-order valence-corrected chi connectivity index (χ0v) is 20.9. The van der Waals surface area contributed by atoms with Gasteiger partial charge in [-0.3, -0.25) is 19.3 Å². The normalized spacial score (nSPS) is 16.7. The van der Waals surface area contributed by atoms with E-state index in [-0.39, 0.29) is 30.2 Å². The number of benzene rings is 1. The Kier molecular flexibility index (Phi) is 8.28. The molecule has 0 unspecified atom stereocenters. The highest BCUT2D eigenvalue weighted by molar-refractivity contribution is 6.30. The second-order valence-corrected chi connectivity index (χ2v) is 9.38. The van der Waals surface area contributed by atoms with Crippen molar-refractivity contribution in [3.05, 3.63) is 58.2 Å². The van der Waals surface area contributed by atoms with Gasteiger partial charge >= 0.3 is 0 Å². The van der Waals surface area contributed by atoms with Crippen LogP contribution in [-0.4, -0.2) is 47.9 Å². The summed E-state index contributed by atoms with van der Waals surface area (Å²) in [6.45, 7) is 7.68. The number of rotatable bonds is 8. The van der Waals surface area contributed by atoms with Crippen molar-refractivity contribution in [3.63, 3.8) is 0 Å². The van der Waals surface area contributed by atoms with Crippen molar-refractivity contribution in [2.45, 2.75) is 58.8 Å². The van der Waals surface area contributed by atoms with Crippen LogP contribution in [-0.2, 0) is 27.3 Å². The van der Waals surface area contributed by atoms with Gasteiger partial charge in [-0.05, 0) is 61.7 Å². The number of carbonyl (C=O) groups excluding carboxylic acids is 3. The Morgan fingerprint density at radius 2 is 1.94 bits per heavy atom. The number of fused-ring (bicyclic) bond motifs is 1. The summed E-state index contributed by atoms with van der Waals surface area (Å²) in [7, 11) is 1.68. The van der Waals surface area contributed by atoms with Crippen molar-refractivity contribution in [1.82, 2.24) is 20.9 Å². The monoisotopic (exact) mass is 485 g/mol. The van der Waals surface area contributed by atoms with Crippen LogP contribution in [0.3, 0.4) is 0 Å². The number of halogens is 1. The van der Waals surface area contributed by atoms with Gasteiger partial charge in [0.1, 0.15) is 17.9 Å². The van der Waals surface area contributed by atoms with Gasteiger partial charge in [-0.2, -0.15) is 0 Å². The summed E-state index contributed by atoms with van der Waals surface area (Å²) in [4.78, 5) is 45.4. The van der Waals surface area contributed by atoms with Crippen LogP contribution >= 0.6 is 11.6 Å². The first kappa shape index (κ1) is 25.6. The topological polar surface area (TPSA) is 103 Å². The van der Waals surface area contributed by atoms with E-state index >= 15 is 0 Å². The van der Waals surface area contributed by atoms with Crippen LogP contribution in [0.1, 0.15) is 37.5 Å². The molecule has 182 valence electrons. The number of aryl methyl sites for hydroxylation is 1. The third-order valence-electron chi connectivity index (χ3n) is 6.18. The zero-order valence-electron chi connectivity index (χ0n) is 20.2. The lowest BCUT2D eigenvalue weighted by molar-refractivity contribution is -0.131. The van der Waals surface area contributed by atoms with E-state index in [0.29, 0.717) is 17.3 Å². The molecule has 3 atom stereocenters. The smallest absolute Gasteiger partial charge is 0.251 e. The summed E-state index contributed by atoms with van der Waals surface area (Å²) in [6, 6.07) is 7.14. The predicted molar refractivity (Wildman–Crippen MR) is 133 cm³/mol. The van der Waals surface area contributed by atoms with E-state index in [9.17, 15) is 14.4 Å². The molecule has 1 aromatic carbocycles. The first-order valence-electron chi connectivity index (χ1n) is 11.4. The predicted octanol–water partition coefficient (Wildman–Crippen LogP) is 2.37. The Morgan fingerprint density at radius 3 is 2.62 bits per heavy atom. The second kappa shape index (κ2) is 11.0. The van der Waals surface area contributed by atoms with E-state index in [2.05, 4.69) is 20.9 Å². The number of likely N-dealkylation sites (N-methyl/N-ethyl adjacent to an activating group) is 1. The summed E-state index contributed by atoms with van der Waals surface area (Å²) in [5.74, 6) is -0.669. The van der Waals surface area contributed by atoms with Gasteiger partial charge in [0, 0.05) is 24.2 Å². The van der Waals surface area contributed by atoms with E-state index in [1.54, 1.807) is 32.3 Å². The molecule has 1 aliphatic rings. The number of amides is 3. The number of anilines is 1. The molecule has 0 saturated heterocycles. The molecule has 0 bridgehead atoms. The molecule has 2 aromatic rings. The van der Waals surface area contributed by atoms with Crippen molar-refractivity contribution in [3.8, 4) is 0 Å². The molecule has 2 heterocycles. The van der Waals surface area contributed by atoms with Gasteiger partial charge in [-0.15, -0.1) is 0 Å². The van der Waals surface area contributed by atoms with Crippen LogP contribution in [0.4, 0.5) is 5.82 Å². The molecular formula is C25H32ClN5O3. The molecule has 3 amide bonds. The molecule has 3 N–H and O–H groups in total. The number of aromatic nitrogens is 1. The van der Waals surface area contributed by atoms with E-state index in [0.717, 1.165) is 16.7 Å². The van der Waals surface area contributed by atoms with E-state index < -0.39 is 18.1 Å². The third kappa shape index (κ3) is 5.56. The van der Waals surface area contributed by atoms with E-state index in [4.69, 9.17) is 11.6 Å². The maximum Gasteiger partial charge on any atom is 0.251 e. The fourth-order valence-electron chi connectivity index (χ4n) is 3.93. The number of carbonyl (C=O) groups is 3. The first-order valence-corrected chi connectivity index (χ1v) is 11.8. The Bertz CT molecular complexity index is 1070. The van der Waals surface area contributed by atoms with Crippen LogP contribution < -0.4 is 20.9 Å². The highest BCUT2D eigenvalue weighted by Gasteiger charge is 2.42. The SMILES string of the molecule is CN[C@@H](C)C(=O)N[C@H](C(=O)N1c2ncccc2C[C@H]1C(=O)NCc1cc(Cl)ccc1C)C(C)C. The highest BCUT2D eigenvalue weighted by Crippen LogP contribution is 2.31. The summed E-state index contributed by atoms with van der Waals surface area (Å²) < 4.78 is 0. The maximum atomic E-state index is 13.7. The molecule has 1 aromatic heterocycles. The molecule has 34 heavy (non-hydrogen) atoms. The van der Waals surface area contributed by atoms with Gasteiger partial charge in [-0.25, -0.2) is 4.98 Å². The minimum Gasteiger partial charge on any atom is -0.350 e. The van der Waals surface area contributed by atoms with Crippen LogP contribution in [0.15, 0.2) is 36.5 Å². The van der Waals surface area contributed by atoms with Crippen molar-refractivity contribution in [1.29, 1.82) is 0 Å². The lowest BCUT2D eigenvalue weighted by Crippen LogP contribution is -2.58. The Hall–Kier alpha value is -2.97. The standard InChI is InChI=1S/C25H32ClN5O3/c1-14(2)21(30-23(32)16(4)27-5)25(34)31-20(12-17-7-6-10-28-22(17)31)24(33)29-13-18-11-19(26)9-8-15(18)3/h6-11,14,16,20-21,27H,12-13H2,1-5H3,(H,29,33)(H,30,32)/t16-,20-,21-/m0/s1. The fourth-order valence-corrected chi connectivity index (χ4v) is 4.12. The largest absolute Gasteiger partial charge is 0.350 e. The van der Waals surface area contributed by atoms with Crippen LogP contribution in [0, 0.1) is 12.8 Å². The Labute approximate surface area is 205 Å². The van der Waals surface area contributed by atoms with Crippen molar-refractivity contribution < 1.29 is 14.4 Å². The first-order chi connectivity index (χ1) is 16.1. The quantitative estimate of drug-likeness (QED) is 0.532. The number of hydrogen-bond acceptors (Lipinski definition) is 5. The average molecular weight is 486 g/mol. The lowest BCUT2D eigenvalue weighted by Gasteiger charge is -2.31. The summed E-state index contributed by atoms with van der Waals surface area (Å²) in [5, 5.41) is 9.26. The van der Waals surface area contributed by atoms with Crippen molar-refractivity contribution in [2.75, 3.05) is 11.9 Å². The minimum atomic E-state index is -0.804. The van der Waals surface area contributed by atoms with Gasteiger partial charge in [0.05, 0.1) is 6.04 Å². The van der Waals surface area contributed by atoms with Crippen LogP contribution in [0.5, 0.6) is 0 Å². The van der Waals surface area contributed by atoms with Gasteiger partial charge in [0.25, 0.3) is 5.91 Å². The molecule has 8 nitrogen and oxygen atoms in total. The number of pyridine rings is 1. The molecule has 0 fully saturated rings. The molecule has 3 rings (SSSR count). The lowest BCUT2D eigenvalue weighted by atomic mass is 10.0. The number of nitrogens with zero attached hydrogens (tertiary/aromatic N) is 2. The van der Waals surface area contributed by atoms with Gasteiger partial charge < -0.3 is 16.0 Å². The van der Waals surface area contributed by atoms with Gasteiger partial charge in [0.15, 0.2) is 0 Å². The third-order valence-corrected chi connectivity index (χ3v) is 6.42. The molecule has 0 radical (unpaired) electrons. The van der Waals surface area contributed by atoms with Crippen LogP contribution in [0.25, 0.3) is 0 Å². The number of hydrogen-bond donors (Lipinski definition) is 3.